The van der Waals surface area contributed by atoms with Crippen molar-refractivity contribution >= 4 is 11.8 Å². The van der Waals surface area contributed by atoms with E-state index in [0.29, 0.717) is 25.3 Å². The van der Waals surface area contributed by atoms with Gasteiger partial charge in [0.1, 0.15) is 6.04 Å². The SMILES string of the molecule is CCC(NC)C(=O)N[C@H](C(=O)N1CCCC1c1nnn(Cc2ccccc2)n1)C1CCCCC1. The molecule has 1 aromatic carbocycles. The van der Waals surface area contributed by atoms with E-state index in [2.05, 4.69) is 26.0 Å². The first kappa shape index (κ1) is 24.3. The number of hydrogen-bond donors (Lipinski definition) is 2. The van der Waals surface area contributed by atoms with Crippen LogP contribution in [0.2, 0.25) is 0 Å². The Kier molecular flexibility index (Phi) is 8.26. The number of benzene rings is 1. The smallest absolute Gasteiger partial charge is 0.246 e. The van der Waals surface area contributed by atoms with Gasteiger partial charge in [-0.2, -0.15) is 4.80 Å². The Morgan fingerprint density at radius 1 is 1.09 bits per heavy atom. The number of nitrogens with one attached hydrogen (secondary N) is 2. The molecular weight excluding hydrogens is 430 g/mol. The lowest BCUT2D eigenvalue weighted by Crippen LogP contribution is -2.56. The maximum Gasteiger partial charge on any atom is 0.246 e. The highest BCUT2D eigenvalue weighted by Crippen LogP contribution is 2.33. The van der Waals surface area contributed by atoms with Crippen LogP contribution >= 0.6 is 0 Å². The first-order valence-electron chi connectivity index (χ1n) is 12.7. The number of carbonyl (C=O) groups excluding carboxylic acids is 2. The summed E-state index contributed by atoms with van der Waals surface area (Å²) in [7, 11) is 1.78. The highest BCUT2D eigenvalue weighted by Gasteiger charge is 2.40. The summed E-state index contributed by atoms with van der Waals surface area (Å²) >= 11 is 0. The highest BCUT2D eigenvalue weighted by atomic mass is 16.2. The molecule has 4 rings (SSSR count). The first-order chi connectivity index (χ1) is 16.6. The zero-order valence-corrected chi connectivity index (χ0v) is 20.3. The third-order valence-corrected chi connectivity index (χ3v) is 7.23. The summed E-state index contributed by atoms with van der Waals surface area (Å²) in [5, 5.41) is 19.3. The van der Waals surface area contributed by atoms with Gasteiger partial charge in [0.15, 0.2) is 5.82 Å². The molecule has 2 aromatic rings. The molecule has 2 N–H and O–H groups in total. The predicted octanol–water partition coefficient (Wildman–Crippen LogP) is 2.45. The van der Waals surface area contributed by atoms with Crippen LogP contribution in [0.5, 0.6) is 0 Å². The minimum Gasteiger partial charge on any atom is -0.343 e. The molecule has 0 radical (unpaired) electrons. The molecular formula is C25H37N7O2. The Labute approximate surface area is 201 Å². The van der Waals surface area contributed by atoms with Crippen molar-refractivity contribution in [2.45, 2.75) is 83.0 Å². The number of likely N-dealkylation sites (N-methyl/N-ethyl adjacent to an activating group) is 1. The Morgan fingerprint density at radius 2 is 1.85 bits per heavy atom. The van der Waals surface area contributed by atoms with Crippen molar-refractivity contribution in [1.82, 2.24) is 35.7 Å². The summed E-state index contributed by atoms with van der Waals surface area (Å²) in [6.45, 7) is 3.16. The Balaban J connectivity index is 1.50. The third kappa shape index (κ3) is 5.63. The van der Waals surface area contributed by atoms with Crippen molar-refractivity contribution in [2.24, 2.45) is 5.92 Å². The number of nitrogens with zero attached hydrogens (tertiary/aromatic N) is 5. The second-order valence-corrected chi connectivity index (χ2v) is 9.49. The Morgan fingerprint density at radius 3 is 2.56 bits per heavy atom. The van der Waals surface area contributed by atoms with Crippen LogP contribution in [0.4, 0.5) is 0 Å². The van der Waals surface area contributed by atoms with E-state index >= 15 is 0 Å². The van der Waals surface area contributed by atoms with Crippen LogP contribution in [0.25, 0.3) is 0 Å². The van der Waals surface area contributed by atoms with Gasteiger partial charge in [-0.15, -0.1) is 10.2 Å². The second kappa shape index (κ2) is 11.6. The molecule has 2 amide bonds. The molecule has 2 unspecified atom stereocenters. The molecule has 2 fully saturated rings. The molecule has 1 aromatic heterocycles. The standard InChI is InChI=1S/C25H37N7O2/c1-3-20(26-2)24(33)27-22(19-13-8-5-9-14-19)25(34)31-16-10-15-21(31)23-28-30-32(29-23)17-18-11-6-4-7-12-18/h4,6-7,11-12,19-22,26H,3,5,8-10,13-17H2,1-2H3,(H,27,33)/t20?,21?,22-/m0/s1. The summed E-state index contributed by atoms with van der Waals surface area (Å²) < 4.78 is 0. The lowest BCUT2D eigenvalue weighted by molar-refractivity contribution is -0.139. The van der Waals surface area contributed by atoms with Crippen LogP contribution in [0.1, 0.15) is 75.7 Å². The van der Waals surface area contributed by atoms with Gasteiger partial charge in [0.05, 0.1) is 18.6 Å². The van der Waals surface area contributed by atoms with E-state index in [1.807, 2.05) is 42.2 Å². The molecule has 1 saturated heterocycles. The topological polar surface area (TPSA) is 105 Å². The van der Waals surface area contributed by atoms with Crippen molar-refractivity contribution in [3.63, 3.8) is 0 Å². The molecule has 1 saturated carbocycles. The van der Waals surface area contributed by atoms with E-state index in [1.54, 1.807) is 11.8 Å². The number of tetrazole rings is 1. The van der Waals surface area contributed by atoms with Gasteiger partial charge < -0.3 is 15.5 Å². The highest BCUT2D eigenvalue weighted by molar-refractivity contribution is 5.90. The van der Waals surface area contributed by atoms with Crippen LogP contribution in [0, 0.1) is 5.92 Å². The second-order valence-electron chi connectivity index (χ2n) is 9.49. The van der Waals surface area contributed by atoms with E-state index in [-0.39, 0.29) is 29.8 Å². The van der Waals surface area contributed by atoms with Crippen LogP contribution in [-0.2, 0) is 16.1 Å². The lowest BCUT2D eigenvalue weighted by Gasteiger charge is -2.35. The van der Waals surface area contributed by atoms with E-state index in [0.717, 1.165) is 44.1 Å². The molecule has 1 aliphatic carbocycles. The lowest BCUT2D eigenvalue weighted by atomic mass is 9.83. The molecule has 3 atom stereocenters. The van der Waals surface area contributed by atoms with Gasteiger partial charge in [-0.1, -0.05) is 56.5 Å². The van der Waals surface area contributed by atoms with Crippen molar-refractivity contribution < 1.29 is 9.59 Å². The zero-order chi connectivity index (χ0) is 23.9. The quantitative estimate of drug-likeness (QED) is 0.587. The average molecular weight is 468 g/mol. The summed E-state index contributed by atoms with van der Waals surface area (Å²) in [6, 6.07) is 9.01. The van der Waals surface area contributed by atoms with E-state index in [9.17, 15) is 9.59 Å². The van der Waals surface area contributed by atoms with Gasteiger partial charge >= 0.3 is 0 Å². The van der Waals surface area contributed by atoms with Gasteiger partial charge in [0.2, 0.25) is 11.8 Å². The minimum absolute atomic E-state index is 0.00637. The maximum atomic E-state index is 13.9. The van der Waals surface area contributed by atoms with Gasteiger partial charge in [-0.05, 0) is 55.8 Å². The van der Waals surface area contributed by atoms with Gasteiger partial charge in [-0.3, -0.25) is 9.59 Å². The first-order valence-corrected chi connectivity index (χ1v) is 12.7. The molecule has 0 bridgehead atoms. The van der Waals surface area contributed by atoms with Gasteiger partial charge in [-0.25, -0.2) is 0 Å². The Hall–Kier alpha value is -2.81. The van der Waals surface area contributed by atoms with Crippen molar-refractivity contribution in [3.05, 3.63) is 41.7 Å². The van der Waals surface area contributed by atoms with E-state index < -0.39 is 6.04 Å². The number of aromatic nitrogens is 4. The minimum atomic E-state index is -0.504. The van der Waals surface area contributed by atoms with E-state index in [1.165, 1.54) is 6.42 Å². The fourth-order valence-corrected chi connectivity index (χ4v) is 5.30. The summed E-state index contributed by atoms with van der Waals surface area (Å²) in [4.78, 5) is 30.3. The number of hydrogen-bond acceptors (Lipinski definition) is 6. The van der Waals surface area contributed by atoms with Crippen molar-refractivity contribution in [2.75, 3.05) is 13.6 Å². The van der Waals surface area contributed by atoms with Crippen LogP contribution < -0.4 is 10.6 Å². The third-order valence-electron chi connectivity index (χ3n) is 7.23. The van der Waals surface area contributed by atoms with Gasteiger partial charge in [0, 0.05) is 6.54 Å². The van der Waals surface area contributed by atoms with Crippen LogP contribution in [-0.4, -0.2) is 62.6 Å². The zero-order valence-electron chi connectivity index (χ0n) is 20.3. The summed E-state index contributed by atoms with van der Waals surface area (Å²) in [5.74, 6) is 0.643. The summed E-state index contributed by atoms with van der Waals surface area (Å²) in [6.07, 6.45) is 7.72. The number of rotatable bonds is 9. The molecule has 9 nitrogen and oxygen atoms in total. The number of carbonyl (C=O) groups is 2. The fourth-order valence-electron chi connectivity index (χ4n) is 5.30. The fraction of sp³-hybridized carbons (Fsp3) is 0.640. The van der Waals surface area contributed by atoms with E-state index in [4.69, 9.17) is 0 Å². The maximum absolute atomic E-state index is 13.9. The molecule has 2 heterocycles. The predicted molar refractivity (Wildman–Crippen MR) is 129 cm³/mol. The molecule has 34 heavy (non-hydrogen) atoms. The monoisotopic (exact) mass is 467 g/mol. The average Bonchev–Trinajstić information content (AvgIpc) is 3.54. The molecule has 0 spiro atoms. The molecule has 9 heteroatoms. The van der Waals surface area contributed by atoms with Gasteiger partial charge in [0.25, 0.3) is 0 Å². The molecule has 1 aliphatic heterocycles. The number of likely N-dealkylation sites (tertiary alicyclic amines) is 1. The van der Waals surface area contributed by atoms with Crippen LogP contribution in [0.3, 0.4) is 0 Å². The Bertz CT molecular complexity index is 938. The van der Waals surface area contributed by atoms with Crippen LogP contribution in [0.15, 0.2) is 30.3 Å². The number of amides is 2. The van der Waals surface area contributed by atoms with Crippen molar-refractivity contribution in [3.8, 4) is 0 Å². The molecule has 184 valence electrons. The normalized spacial score (nSPS) is 20.8. The molecule has 2 aliphatic rings. The largest absolute Gasteiger partial charge is 0.343 e. The van der Waals surface area contributed by atoms with Crippen molar-refractivity contribution in [1.29, 1.82) is 0 Å². The summed E-state index contributed by atoms with van der Waals surface area (Å²) in [5.41, 5.74) is 1.10.